The van der Waals surface area contributed by atoms with Crippen LogP contribution in [-0.2, 0) is 16.0 Å². The van der Waals surface area contributed by atoms with Gasteiger partial charge in [-0.05, 0) is 24.6 Å². The first-order valence-electron chi connectivity index (χ1n) is 6.74. The second kappa shape index (κ2) is 11.2. The van der Waals surface area contributed by atoms with Gasteiger partial charge in [0.15, 0.2) is 5.96 Å². The lowest BCUT2D eigenvalue weighted by atomic mass is 10.1. The van der Waals surface area contributed by atoms with E-state index in [4.69, 9.17) is 4.74 Å². The van der Waals surface area contributed by atoms with Crippen LogP contribution >= 0.6 is 24.0 Å². The molecule has 1 rings (SSSR count). The first-order chi connectivity index (χ1) is 10.1. The van der Waals surface area contributed by atoms with Crippen LogP contribution in [0.3, 0.4) is 0 Å². The van der Waals surface area contributed by atoms with Crippen molar-refractivity contribution in [3.8, 4) is 0 Å². The minimum Gasteiger partial charge on any atom is -0.465 e. The predicted octanol–water partition coefficient (Wildman–Crippen LogP) is 1.79. The van der Waals surface area contributed by atoms with Crippen molar-refractivity contribution in [3.05, 3.63) is 35.4 Å². The van der Waals surface area contributed by atoms with E-state index in [0.29, 0.717) is 24.7 Å². The molecule has 0 saturated carbocycles. The Kier molecular flexibility index (Phi) is 10.6. The molecule has 0 saturated heterocycles. The van der Waals surface area contributed by atoms with Crippen LogP contribution in [0.5, 0.6) is 0 Å². The van der Waals surface area contributed by atoms with Gasteiger partial charge in [-0.25, -0.2) is 4.79 Å². The van der Waals surface area contributed by atoms with E-state index < -0.39 is 0 Å². The molecule has 0 fully saturated rings. The van der Waals surface area contributed by atoms with Crippen LogP contribution in [0.4, 0.5) is 0 Å². The molecule has 22 heavy (non-hydrogen) atoms. The molecule has 0 spiro atoms. The zero-order valence-electron chi connectivity index (χ0n) is 13.4. The van der Waals surface area contributed by atoms with Gasteiger partial charge in [-0.1, -0.05) is 12.1 Å². The second-order valence-electron chi connectivity index (χ2n) is 4.61. The third-order valence-corrected chi connectivity index (χ3v) is 2.86. The Hall–Kier alpha value is -1.35. The van der Waals surface area contributed by atoms with Gasteiger partial charge in [0.25, 0.3) is 0 Å². The monoisotopic (exact) mass is 421 g/mol. The number of hydrogen-bond acceptors (Lipinski definition) is 4. The number of benzene rings is 1. The van der Waals surface area contributed by atoms with Gasteiger partial charge in [-0.3, -0.25) is 4.99 Å². The van der Waals surface area contributed by atoms with Crippen LogP contribution < -0.4 is 10.6 Å². The number of carbonyl (C=O) groups excluding carboxylic acids is 1. The highest BCUT2D eigenvalue weighted by molar-refractivity contribution is 14.0. The molecule has 0 heterocycles. The van der Waals surface area contributed by atoms with Crippen LogP contribution in [0, 0.1) is 0 Å². The Labute approximate surface area is 148 Å². The molecule has 0 radical (unpaired) electrons. The summed E-state index contributed by atoms with van der Waals surface area (Å²) in [6.45, 7) is 3.23. The number of carbonyl (C=O) groups is 1. The quantitative estimate of drug-likeness (QED) is 0.317. The maximum Gasteiger partial charge on any atom is 0.337 e. The fourth-order valence-electron chi connectivity index (χ4n) is 1.78. The van der Waals surface area contributed by atoms with Gasteiger partial charge in [0.2, 0.25) is 0 Å². The van der Waals surface area contributed by atoms with Gasteiger partial charge < -0.3 is 20.1 Å². The molecule has 0 aliphatic heterocycles. The van der Waals surface area contributed by atoms with Crippen LogP contribution in [0.1, 0.15) is 22.8 Å². The summed E-state index contributed by atoms with van der Waals surface area (Å²) < 4.78 is 9.73. The fraction of sp³-hybridized carbons (Fsp3) is 0.467. The summed E-state index contributed by atoms with van der Waals surface area (Å²) in [5.41, 5.74) is 1.59. The number of methoxy groups -OCH3 is 2. The lowest BCUT2D eigenvalue weighted by molar-refractivity contribution is 0.0600. The molecule has 0 bridgehead atoms. The molecule has 0 aliphatic rings. The van der Waals surface area contributed by atoms with E-state index in [1.807, 2.05) is 19.1 Å². The highest BCUT2D eigenvalue weighted by Gasteiger charge is 2.06. The van der Waals surface area contributed by atoms with Gasteiger partial charge in [-0.15, -0.1) is 24.0 Å². The highest BCUT2D eigenvalue weighted by Crippen LogP contribution is 2.05. The van der Waals surface area contributed by atoms with E-state index in [-0.39, 0.29) is 36.0 Å². The van der Waals surface area contributed by atoms with E-state index in [1.54, 1.807) is 26.3 Å². The molecule has 1 unspecified atom stereocenters. The number of esters is 1. The molecule has 1 aromatic rings. The third kappa shape index (κ3) is 7.08. The molecular formula is C15H24IN3O3. The Morgan fingerprint density at radius 3 is 2.41 bits per heavy atom. The lowest BCUT2D eigenvalue weighted by Gasteiger charge is -2.17. The van der Waals surface area contributed by atoms with Crippen molar-refractivity contribution in [1.82, 2.24) is 10.6 Å². The maximum atomic E-state index is 11.3. The second-order valence-corrected chi connectivity index (χ2v) is 4.61. The van der Waals surface area contributed by atoms with Crippen LogP contribution in [0.2, 0.25) is 0 Å². The average Bonchev–Trinajstić information content (AvgIpc) is 2.51. The van der Waals surface area contributed by atoms with Crippen molar-refractivity contribution in [2.45, 2.75) is 19.5 Å². The van der Waals surface area contributed by atoms with Crippen molar-refractivity contribution in [1.29, 1.82) is 0 Å². The Morgan fingerprint density at radius 2 is 1.91 bits per heavy atom. The molecule has 7 heteroatoms. The zero-order chi connectivity index (χ0) is 15.7. The largest absolute Gasteiger partial charge is 0.465 e. The minimum absolute atomic E-state index is 0. The molecule has 0 aliphatic carbocycles. The molecule has 1 aromatic carbocycles. The average molecular weight is 421 g/mol. The topological polar surface area (TPSA) is 72.0 Å². The number of guanidine groups is 1. The van der Waals surface area contributed by atoms with E-state index in [1.165, 1.54) is 7.11 Å². The molecule has 124 valence electrons. The minimum atomic E-state index is -0.333. The first kappa shape index (κ1) is 20.6. The van der Waals surface area contributed by atoms with E-state index in [0.717, 1.165) is 5.56 Å². The van der Waals surface area contributed by atoms with Gasteiger partial charge in [0.1, 0.15) is 0 Å². The zero-order valence-corrected chi connectivity index (χ0v) is 15.7. The van der Waals surface area contributed by atoms with Crippen LogP contribution in [0.15, 0.2) is 29.3 Å². The smallest absolute Gasteiger partial charge is 0.337 e. The van der Waals surface area contributed by atoms with Crippen molar-refractivity contribution in [3.63, 3.8) is 0 Å². The van der Waals surface area contributed by atoms with E-state index in [9.17, 15) is 4.79 Å². The number of halogens is 1. The van der Waals surface area contributed by atoms with Gasteiger partial charge >= 0.3 is 5.97 Å². The summed E-state index contributed by atoms with van der Waals surface area (Å²) in [4.78, 5) is 15.5. The number of aliphatic imine (C=N–C) groups is 1. The highest BCUT2D eigenvalue weighted by atomic mass is 127. The Bertz CT molecular complexity index is 477. The van der Waals surface area contributed by atoms with E-state index >= 15 is 0 Å². The lowest BCUT2D eigenvalue weighted by Crippen LogP contribution is -2.43. The number of hydrogen-bond donors (Lipinski definition) is 2. The standard InChI is InChI=1S/C15H23N3O3.HI/c1-11(10-20-3)18-15(16-2)17-9-12-5-7-13(8-6-12)14(19)21-4;/h5-8,11H,9-10H2,1-4H3,(H2,16,17,18);1H. The summed E-state index contributed by atoms with van der Waals surface area (Å²) in [6, 6.07) is 7.41. The van der Waals surface area contributed by atoms with Crippen molar-refractivity contribution >= 4 is 35.9 Å². The SMILES string of the molecule is CN=C(NCc1ccc(C(=O)OC)cc1)NC(C)COC.I. The summed E-state index contributed by atoms with van der Waals surface area (Å²) in [7, 11) is 4.75. The van der Waals surface area contributed by atoms with Crippen molar-refractivity contribution < 1.29 is 14.3 Å². The van der Waals surface area contributed by atoms with Gasteiger partial charge in [-0.2, -0.15) is 0 Å². The summed E-state index contributed by atoms with van der Waals surface area (Å²) in [6.07, 6.45) is 0. The maximum absolute atomic E-state index is 11.3. The normalized spacial score (nSPS) is 12.1. The van der Waals surface area contributed by atoms with Crippen molar-refractivity contribution in [2.75, 3.05) is 27.9 Å². The molecule has 1 atom stereocenters. The summed E-state index contributed by atoms with van der Waals surface area (Å²) >= 11 is 0. The van der Waals surface area contributed by atoms with Gasteiger partial charge in [0, 0.05) is 26.7 Å². The van der Waals surface area contributed by atoms with E-state index in [2.05, 4.69) is 20.4 Å². The number of nitrogens with zero attached hydrogens (tertiary/aromatic N) is 1. The summed E-state index contributed by atoms with van der Waals surface area (Å²) in [5.74, 6) is 0.372. The Morgan fingerprint density at radius 1 is 1.27 bits per heavy atom. The number of rotatable bonds is 6. The predicted molar refractivity (Wildman–Crippen MR) is 97.9 cm³/mol. The van der Waals surface area contributed by atoms with Gasteiger partial charge in [0.05, 0.1) is 19.3 Å². The fourth-order valence-corrected chi connectivity index (χ4v) is 1.78. The molecule has 2 N–H and O–H groups in total. The van der Waals surface area contributed by atoms with Crippen LogP contribution in [-0.4, -0.2) is 45.8 Å². The number of ether oxygens (including phenoxy) is 2. The molecule has 0 amide bonds. The summed E-state index contributed by atoms with van der Waals surface area (Å²) in [5, 5.41) is 6.42. The Balaban J connectivity index is 0.00000441. The molecule has 0 aromatic heterocycles. The van der Waals surface area contributed by atoms with Crippen molar-refractivity contribution in [2.24, 2.45) is 4.99 Å². The first-order valence-corrected chi connectivity index (χ1v) is 6.74. The van der Waals surface area contributed by atoms with Crippen LogP contribution in [0.25, 0.3) is 0 Å². The molecular weight excluding hydrogens is 397 g/mol. The number of nitrogens with one attached hydrogen (secondary N) is 2. The third-order valence-electron chi connectivity index (χ3n) is 2.86. The molecule has 6 nitrogen and oxygen atoms in total.